The van der Waals surface area contributed by atoms with Crippen LogP contribution in [-0.4, -0.2) is 36.2 Å². The lowest BCUT2D eigenvalue weighted by molar-refractivity contribution is 0.101. The van der Waals surface area contributed by atoms with Gasteiger partial charge in [0.1, 0.15) is 5.75 Å². The second-order valence-electron chi connectivity index (χ2n) is 6.76. The molecule has 1 aliphatic carbocycles. The minimum atomic E-state index is 0. The van der Waals surface area contributed by atoms with Crippen LogP contribution in [0.3, 0.4) is 0 Å². The Morgan fingerprint density at radius 2 is 1.75 bits per heavy atom. The number of hydrogen-bond acceptors (Lipinski definition) is 3. The predicted octanol–water partition coefficient (Wildman–Crippen LogP) is 4.83. The molecule has 2 N–H and O–H groups in total. The van der Waals surface area contributed by atoms with Crippen LogP contribution in [0.4, 0.5) is 0 Å². The van der Waals surface area contributed by atoms with Crippen LogP contribution in [0.5, 0.6) is 5.75 Å². The molecule has 0 radical (unpaired) electrons. The third-order valence-electron chi connectivity index (χ3n) is 5.30. The van der Waals surface area contributed by atoms with E-state index in [1.807, 2.05) is 13.0 Å². The van der Waals surface area contributed by atoms with Gasteiger partial charge in [-0.2, -0.15) is 0 Å². The molecule has 2 aliphatic rings. The Bertz CT molecular complexity index is 500. The zero-order valence-corrected chi connectivity index (χ0v) is 17.5. The summed E-state index contributed by atoms with van der Waals surface area (Å²) in [7, 11) is 0. The maximum absolute atomic E-state index is 10.7. The number of aryl methyl sites for hydroxylation is 1. The van der Waals surface area contributed by atoms with E-state index in [2.05, 4.69) is 32.2 Å². The van der Waals surface area contributed by atoms with Crippen LogP contribution in [-0.2, 0) is 0 Å². The molecular formula is C18H29BrCl2N2O. The Labute approximate surface area is 166 Å². The fourth-order valence-corrected chi connectivity index (χ4v) is 4.65. The lowest BCUT2D eigenvalue weighted by Gasteiger charge is -2.42. The third kappa shape index (κ3) is 4.79. The minimum absolute atomic E-state index is 0. The van der Waals surface area contributed by atoms with Crippen molar-refractivity contribution in [3.05, 3.63) is 27.7 Å². The molecule has 0 bridgehead atoms. The van der Waals surface area contributed by atoms with E-state index in [4.69, 9.17) is 0 Å². The molecule has 24 heavy (non-hydrogen) atoms. The van der Waals surface area contributed by atoms with Crippen LogP contribution >= 0.6 is 40.7 Å². The average Bonchev–Trinajstić information content (AvgIpc) is 2.57. The fourth-order valence-electron chi connectivity index (χ4n) is 4.10. The number of rotatable bonds is 3. The van der Waals surface area contributed by atoms with Gasteiger partial charge in [-0.3, -0.25) is 4.90 Å². The van der Waals surface area contributed by atoms with Crippen molar-refractivity contribution >= 4 is 40.7 Å². The Hall–Kier alpha value is -0.000000000000000111. The fraction of sp³-hybridized carbons (Fsp3) is 0.667. The van der Waals surface area contributed by atoms with Crippen LogP contribution in [0.2, 0.25) is 0 Å². The van der Waals surface area contributed by atoms with Crippen molar-refractivity contribution in [2.45, 2.75) is 45.1 Å². The first-order chi connectivity index (χ1) is 10.7. The van der Waals surface area contributed by atoms with Gasteiger partial charge < -0.3 is 10.4 Å². The van der Waals surface area contributed by atoms with Crippen molar-refractivity contribution in [2.24, 2.45) is 5.92 Å². The number of phenolic OH excluding ortho intramolecular Hbond substituents is 1. The molecule has 1 aromatic rings. The molecule has 3 rings (SSSR count). The number of halogens is 3. The molecule has 1 aromatic carbocycles. The van der Waals surface area contributed by atoms with Crippen molar-refractivity contribution < 1.29 is 5.11 Å². The van der Waals surface area contributed by atoms with Gasteiger partial charge in [-0.15, -0.1) is 24.8 Å². The molecule has 0 unspecified atom stereocenters. The summed E-state index contributed by atoms with van der Waals surface area (Å²) in [5.74, 6) is 1.15. The highest BCUT2D eigenvalue weighted by Gasteiger charge is 2.34. The standard InChI is InChI=1S/C18H27BrN2O.2ClH/c1-13-7-8-15(19)16(18(13)22)17(14-5-3-2-4-6-14)21-11-9-20-10-12-21;;/h7-8,14,17,20,22H,2-6,9-12H2,1H3;2*1H/t17-;;/m1../s1. The van der Waals surface area contributed by atoms with Crippen molar-refractivity contribution in [1.82, 2.24) is 10.2 Å². The lowest BCUT2D eigenvalue weighted by Crippen LogP contribution is -2.47. The van der Waals surface area contributed by atoms with Gasteiger partial charge in [0.25, 0.3) is 0 Å². The molecule has 1 atom stereocenters. The zero-order valence-electron chi connectivity index (χ0n) is 14.3. The first-order valence-electron chi connectivity index (χ1n) is 8.61. The number of aromatic hydroxyl groups is 1. The Morgan fingerprint density at radius 3 is 2.38 bits per heavy atom. The van der Waals surface area contributed by atoms with Crippen LogP contribution in [0.15, 0.2) is 16.6 Å². The van der Waals surface area contributed by atoms with E-state index < -0.39 is 0 Å². The summed E-state index contributed by atoms with van der Waals surface area (Å²) < 4.78 is 1.06. The van der Waals surface area contributed by atoms with Gasteiger partial charge in [0.15, 0.2) is 0 Å². The molecule has 6 heteroatoms. The first-order valence-corrected chi connectivity index (χ1v) is 9.40. The molecule has 1 aliphatic heterocycles. The summed E-state index contributed by atoms with van der Waals surface area (Å²) in [5, 5.41) is 14.2. The average molecular weight is 440 g/mol. The Morgan fingerprint density at radius 1 is 1.12 bits per heavy atom. The van der Waals surface area contributed by atoms with Crippen molar-refractivity contribution in [1.29, 1.82) is 0 Å². The smallest absolute Gasteiger partial charge is 0.124 e. The van der Waals surface area contributed by atoms with Gasteiger partial charge in [-0.05, 0) is 37.3 Å². The topological polar surface area (TPSA) is 35.5 Å². The van der Waals surface area contributed by atoms with Crippen LogP contribution in [0, 0.1) is 12.8 Å². The van der Waals surface area contributed by atoms with E-state index in [9.17, 15) is 5.11 Å². The van der Waals surface area contributed by atoms with E-state index in [0.29, 0.717) is 17.7 Å². The van der Waals surface area contributed by atoms with Crippen molar-refractivity contribution in [3.8, 4) is 5.75 Å². The number of phenols is 1. The molecule has 3 nitrogen and oxygen atoms in total. The normalized spacial score (nSPS) is 20.8. The molecule has 138 valence electrons. The van der Waals surface area contributed by atoms with E-state index in [-0.39, 0.29) is 24.8 Å². The van der Waals surface area contributed by atoms with Gasteiger partial charge in [0, 0.05) is 42.3 Å². The molecule has 1 saturated heterocycles. The second kappa shape index (κ2) is 10.2. The van der Waals surface area contributed by atoms with Crippen LogP contribution in [0.25, 0.3) is 0 Å². The number of hydrogen-bond donors (Lipinski definition) is 2. The van der Waals surface area contributed by atoms with Gasteiger partial charge in [0.2, 0.25) is 0 Å². The number of piperazine rings is 1. The highest BCUT2D eigenvalue weighted by atomic mass is 79.9. The van der Waals surface area contributed by atoms with Gasteiger partial charge in [0.05, 0.1) is 0 Å². The summed E-state index contributed by atoms with van der Waals surface area (Å²) in [6.45, 7) is 6.24. The van der Waals surface area contributed by atoms with Gasteiger partial charge >= 0.3 is 0 Å². The SMILES string of the molecule is Cc1ccc(Br)c([C@@H](C2CCCCC2)N2CCNCC2)c1O.Cl.Cl. The summed E-state index contributed by atoms with van der Waals surface area (Å²) in [6, 6.07) is 4.44. The Balaban J connectivity index is 0.00000144. The third-order valence-corrected chi connectivity index (χ3v) is 5.99. The summed E-state index contributed by atoms with van der Waals surface area (Å²) in [6.07, 6.45) is 6.60. The molecule has 2 fully saturated rings. The Kier molecular flexibility index (Phi) is 9.39. The molecule has 1 saturated carbocycles. The van der Waals surface area contributed by atoms with Crippen LogP contribution in [0.1, 0.15) is 49.3 Å². The number of nitrogens with zero attached hydrogens (tertiary/aromatic N) is 1. The van der Waals surface area contributed by atoms with Crippen molar-refractivity contribution in [2.75, 3.05) is 26.2 Å². The molecular weight excluding hydrogens is 411 g/mol. The first kappa shape index (κ1) is 22.0. The summed E-state index contributed by atoms with van der Waals surface area (Å²) >= 11 is 3.71. The van der Waals surface area contributed by atoms with E-state index >= 15 is 0 Å². The van der Waals surface area contributed by atoms with E-state index in [1.165, 1.54) is 32.1 Å². The van der Waals surface area contributed by atoms with Gasteiger partial charge in [-0.25, -0.2) is 0 Å². The number of nitrogens with one attached hydrogen (secondary N) is 1. The second-order valence-corrected chi connectivity index (χ2v) is 7.61. The largest absolute Gasteiger partial charge is 0.507 e. The number of benzene rings is 1. The minimum Gasteiger partial charge on any atom is -0.507 e. The lowest BCUT2D eigenvalue weighted by atomic mass is 9.79. The molecule has 0 amide bonds. The van der Waals surface area contributed by atoms with Gasteiger partial charge in [-0.1, -0.05) is 41.3 Å². The van der Waals surface area contributed by atoms with E-state index in [0.717, 1.165) is 41.8 Å². The van der Waals surface area contributed by atoms with Crippen LogP contribution < -0.4 is 5.32 Å². The quantitative estimate of drug-likeness (QED) is 0.707. The summed E-state index contributed by atoms with van der Waals surface area (Å²) in [4.78, 5) is 2.59. The van der Waals surface area contributed by atoms with E-state index in [1.54, 1.807) is 0 Å². The molecule has 0 spiro atoms. The molecule has 0 aromatic heterocycles. The monoisotopic (exact) mass is 438 g/mol. The summed E-state index contributed by atoms with van der Waals surface area (Å²) in [5.41, 5.74) is 2.10. The highest BCUT2D eigenvalue weighted by molar-refractivity contribution is 9.10. The predicted molar refractivity (Wildman–Crippen MR) is 109 cm³/mol. The maximum Gasteiger partial charge on any atom is 0.124 e. The highest BCUT2D eigenvalue weighted by Crippen LogP contribution is 2.45. The maximum atomic E-state index is 10.7. The zero-order chi connectivity index (χ0) is 15.5. The molecule has 1 heterocycles. The van der Waals surface area contributed by atoms with Crippen molar-refractivity contribution in [3.63, 3.8) is 0 Å².